The summed E-state index contributed by atoms with van der Waals surface area (Å²) in [5, 5.41) is 2.97. The Morgan fingerprint density at radius 2 is 1.71 bits per heavy atom. The van der Waals surface area contributed by atoms with Crippen molar-refractivity contribution in [2.45, 2.75) is 57.8 Å². The molecule has 0 bridgehead atoms. The number of hydrogen-bond donors (Lipinski definition) is 1. The van der Waals surface area contributed by atoms with Crippen LogP contribution in [0.2, 0.25) is 0 Å². The van der Waals surface area contributed by atoms with Crippen LogP contribution in [0.1, 0.15) is 68.1 Å². The molecule has 1 aromatic carbocycles. The van der Waals surface area contributed by atoms with E-state index >= 15 is 0 Å². The smallest absolute Gasteiger partial charge is 0.255 e. The van der Waals surface area contributed by atoms with E-state index in [0.29, 0.717) is 23.6 Å². The first kappa shape index (κ1) is 17.0. The Bertz CT molecular complexity index is 573. The van der Waals surface area contributed by atoms with Crippen molar-refractivity contribution in [3.8, 4) is 0 Å². The van der Waals surface area contributed by atoms with Gasteiger partial charge in [0.1, 0.15) is 0 Å². The van der Waals surface area contributed by atoms with Crippen LogP contribution in [-0.2, 0) is 4.79 Å². The van der Waals surface area contributed by atoms with Crippen molar-refractivity contribution in [1.29, 1.82) is 0 Å². The molecule has 0 aromatic heterocycles. The molecule has 0 atom stereocenters. The van der Waals surface area contributed by atoms with Gasteiger partial charge in [0.2, 0.25) is 5.91 Å². The van der Waals surface area contributed by atoms with Crippen LogP contribution in [0.4, 0.5) is 5.69 Å². The van der Waals surface area contributed by atoms with Crippen LogP contribution in [-0.4, -0.2) is 29.8 Å². The summed E-state index contributed by atoms with van der Waals surface area (Å²) in [6.45, 7) is 1.64. The van der Waals surface area contributed by atoms with Gasteiger partial charge in [-0.05, 0) is 37.3 Å². The van der Waals surface area contributed by atoms with Gasteiger partial charge in [-0.1, -0.05) is 44.2 Å². The minimum atomic E-state index is 0.0299. The second-order valence-corrected chi connectivity index (χ2v) is 7.14. The first-order valence-corrected chi connectivity index (χ1v) is 9.42. The lowest BCUT2D eigenvalue weighted by atomic mass is 9.86. The van der Waals surface area contributed by atoms with Crippen molar-refractivity contribution in [3.63, 3.8) is 0 Å². The molecule has 1 aromatic rings. The molecule has 2 fully saturated rings. The first-order valence-electron chi connectivity index (χ1n) is 9.42. The summed E-state index contributed by atoms with van der Waals surface area (Å²) < 4.78 is 0. The van der Waals surface area contributed by atoms with Crippen LogP contribution in [0.3, 0.4) is 0 Å². The highest BCUT2D eigenvalue weighted by molar-refractivity contribution is 6.03. The van der Waals surface area contributed by atoms with Gasteiger partial charge in [-0.25, -0.2) is 0 Å². The number of hydrogen-bond acceptors (Lipinski definition) is 2. The van der Waals surface area contributed by atoms with E-state index < -0.39 is 0 Å². The van der Waals surface area contributed by atoms with E-state index in [-0.39, 0.29) is 11.8 Å². The number of rotatable bonds is 5. The van der Waals surface area contributed by atoms with Crippen molar-refractivity contribution in [1.82, 2.24) is 4.90 Å². The molecule has 4 heteroatoms. The summed E-state index contributed by atoms with van der Waals surface area (Å²) in [5.41, 5.74) is 1.27. The summed E-state index contributed by atoms with van der Waals surface area (Å²) in [5.74, 6) is 0.768. The van der Waals surface area contributed by atoms with Crippen LogP contribution in [0.15, 0.2) is 24.3 Å². The number of amides is 2. The molecule has 1 N–H and O–H groups in total. The summed E-state index contributed by atoms with van der Waals surface area (Å²) in [4.78, 5) is 26.8. The van der Waals surface area contributed by atoms with E-state index in [1.54, 1.807) is 0 Å². The van der Waals surface area contributed by atoms with Gasteiger partial charge in [0, 0.05) is 19.5 Å². The minimum Gasteiger partial charge on any atom is -0.339 e. The van der Waals surface area contributed by atoms with E-state index in [1.165, 1.54) is 32.1 Å². The van der Waals surface area contributed by atoms with E-state index in [1.807, 2.05) is 29.2 Å². The number of carbonyl (C=O) groups is 2. The van der Waals surface area contributed by atoms with Crippen molar-refractivity contribution >= 4 is 17.5 Å². The quantitative estimate of drug-likeness (QED) is 0.879. The maximum absolute atomic E-state index is 12.6. The zero-order valence-electron chi connectivity index (χ0n) is 14.4. The number of nitrogens with zero attached hydrogens (tertiary/aromatic N) is 1. The van der Waals surface area contributed by atoms with Gasteiger partial charge in [-0.2, -0.15) is 0 Å². The number of carbonyl (C=O) groups excluding carboxylic acids is 2. The molecule has 0 radical (unpaired) electrons. The van der Waals surface area contributed by atoms with Crippen LogP contribution >= 0.6 is 0 Å². The average Bonchev–Trinajstić information content (AvgIpc) is 3.15. The molecule has 1 saturated carbocycles. The highest BCUT2D eigenvalue weighted by atomic mass is 16.2. The van der Waals surface area contributed by atoms with E-state index in [9.17, 15) is 9.59 Å². The lowest BCUT2D eigenvalue weighted by Gasteiger charge is -2.21. The summed E-state index contributed by atoms with van der Waals surface area (Å²) in [6, 6.07) is 7.39. The third-order valence-corrected chi connectivity index (χ3v) is 5.33. The predicted octanol–water partition coefficient (Wildman–Crippen LogP) is 4.22. The van der Waals surface area contributed by atoms with Gasteiger partial charge >= 0.3 is 0 Å². The van der Waals surface area contributed by atoms with Crippen LogP contribution in [0.25, 0.3) is 0 Å². The fourth-order valence-corrected chi connectivity index (χ4v) is 3.89. The van der Waals surface area contributed by atoms with Crippen LogP contribution < -0.4 is 5.32 Å². The number of benzene rings is 1. The van der Waals surface area contributed by atoms with E-state index in [2.05, 4.69) is 5.32 Å². The molecule has 4 nitrogen and oxygen atoms in total. The molecule has 24 heavy (non-hydrogen) atoms. The third kappa shape index (κ3) is 4.37. The van der Waals surface area contributed by atoms with Crippen LogP contribution in [0, 0.1) is 5.92 Å². The van der Waals surface area contributed by atoms with Gasteiger partial charge in [0.25, 0.3) is 5.91 Å². The van der Waals surface area contributed by atoms with Crippen molar-refractivity contribution in [2.75, 3.05) is 18.4 Å². The lowest BCUT2D eigenvalue weighted by molar-refractivity contribution is -0.116. The van der Waals surface area contributed by atoms with E-state index in [4.69, 9.17) is 0 Å². The molecule has 3 rings (SSSR count). The van der Waals surface area contributed by atoms with Gasteiger partial charge in [-0.15, -0.1) is 0 Å². The monoisotopic (exact) mass is 328 g/mol. The highest BCUT2D eigenvalue weighted by Crippen LogP contribution is 2.27. The number of para-hydroxylation sites is 1. The Labute approximate surface area is 144 Å². The summed E-state index contributed by atoms with van der Waals surface area (Å²) in [7, 11) is 0. The molecule has 130 valence electrons. The Kier molecular flexibility index (Phi) is 5.89. The highest BCUT2D eigenvalue weighted by Gasteiger charge is 2.22. The average molecular weight is 328 g/mol. The fourth-order valence-electron chi connectivity index (χ4n) is 3.89. The Hall–Kier alpha value is -1.84. The molecule has 0 spiro atoms. The Morgan fingerprint density at radius 3 is 2.46 bits per heavy atom. The van der Waals surface area contributed by atoms with E-state index in [0.717, 1.165) is 32.4 Å². The second kappa shape index (κ2) is 8.32. The number of nitrogens with one attached hydrogen (secondary N) is 1. The molecule has 0 unspecified atom stereocenters. The minimum absolute atomic E-state index is 0.0299. The van der Waals surface area contributed by atoms with Crippen molar-refractivity contribution in [3.05, 3.63) is 29.8 Å². The molecule has 2 aliphatic rings. The maximum atomic E-state index is 12.6. The van der Waals surface area contributed by atoms with Crippen LogP contribution in [0.5, 0.6) is 0 Å². The Morgan fingerprint density at radius 1 is 1.00 bits per heavy atom. The van der Waals surface area contributed by atoms with Crippen molar-refractivity contribution < 1.29 is 9.59 Å². The second-order valence-electron chi connectivity index (χ2n) is 7.14. The standard InChI is InChI=1S/C20H28N2O2/c23-19(13-12-16-8-2-1-3-9-16)21-18-11-5-4-10-17(18)20(24)22-14-6-7-15-22/h4-5,10-11,16H,1-3,6-9,12-15H2,(H,21,23). The molecular weight excluding hydrogens is 300 g/mol. The van der Waals surface area contributed by atoms with Gasteiger partial charge < -0.3 is 10.2 Å². The molecule has 1 aliphatic carbocycles. The fraction of sp³-hybridized carbons (Fsp3) is 0.600. The number of anilines is 1. The maximum Gasteiger partial charge on any atom is 0.255 e. The Balaban J connectivity index is 1.57. The third-order valence-electron chi connectivity index (χ3n) is 5.33. The largest absolute Gasteiger partial charge is 0.339 e. The summed E-state index contributed by atoms with van der Waals surface area (Å²) in [6.07, 6.45) is 10.1. The molecule has 2 amide bonds. The zero-order valence-corrected chi connectivity index (χ0v) is 14.4. The molecule has 1 heterocycles. The lowest BCUT2D eigenvalue weighted by Crippen LogP contribution is -2.28. The topological polar surface area (TPSA) is 49.4 Å². The number of likely N-dealkylation sites (tertiary alicyclic amines) is 1. The first-order chi connectivity index (χ1) is 11.7. The van der Waals surface area contributed by atoms with Gasteiger partial charge in [0.15, 0.2) is 0 Å². The molecule has 1 saturated heterocycles. The molecular formula is C20H28N2O2. The normalized spacial score (nSPS) is 18.6. The SMILES string of the molecule is O=C(CCC1CCCCC1)Nc1ccccc1C(=O)N1CCCC1. The predicted molar refractivity (Wildman–Crippen MR) is 96.0 cm³/mol. The zero-order chi connectivity index (χ0) is 16.8. The summed E-state index contributed by atoms with van der Waals surface area (Å²) >= 11 is 0. The van der Waals surface area contributed by atoms with Gasteiger partial charge in [0.05, 0.1) is 11.3 Å². The van der Waals surface area contributed by atoms with Crippen molar-refractivity contribution in [2.24, 2.45) is 5.92 Å². The molecule has 1 aliphatic heterocycles. The van der Waals surface area contributed by atoms with Gasteiger partial charge in [-0.3, -0.25) is 9.59 Å².